The van der Waals surface area contributed by atoms with Crippen LogP contribution in [0.2, 0.25) is 0 Å². The average Bonchev–Trinajstić information content (AvgIpc) is 2.47. The Kier molecular flexibility index (Phi) is 7.01. The quantitative estimate of drug-likeness (QED) is 0.719. The van der Waals surface area contributed by atoms with E-state index in [9.17, 15) is 4.79 Å². The Labute approximate surface area is 118 Å². The Hall–Kier alpha value is -1.51. The molecule has 4 nitrogen and oxygen atoms in total. The maximum Gasteiger partial charge on any atom is 0.253 e. The minimum Gasteiger partial charge on any atom is -0.383 e. The molecule has 0 bridgehead atoms. The number of nitrogens with zero attached hydrogens (tertiary/aromatic N) is 2. The molecule has 0 atom stereocenters. The molecule has 0 saturated heterocycles. The summed E-state index contributed by atoms with van der Waals surface area (Å²) in [5.74, 6) is -0.0556. The molecule has 1 amide bonds. The lowest BCUT2D eigenvalue weighted by Crippen LogP contribution is -2.34. The van der Waals surface area contributed by atoms with E-state index in [2.05, 4.69) is 6.07 Å². The van der Waals surface area contributed by atoms with Gasteiger partial charge in [0.05, 0.1) is 19.1 Å². The monoisotopic (exact) mass is 278 g/mol. The molecule has 0 aliphatic rings. The topological polar surface area (TPSA) is 53.3 Å². The van der Waals surface area contributed by atoms with Crippen molar-refractivity contribution in [2.45, 2.75) is 11.3 Å². The molecule has 0 aliphatic heterocycles. The second-order valence-corrected chi connectivity index (χ2v) is 4.80. The first kappa shape index (κ1) is 15.5. The Bertz CT molecular complexity index is 440. The van der Waals surface area contributed by atoms with Gasteiger partial charge in [-0.3, -0.25) is 4.79 Å². The fraction of sp³-hybridized carbons (Fsp3) is 0.429. The van der Waals surface area contributed by atoms with Crippen molar-refractivity contribution in [3.05, 3.63) is 29.8 Å². The van der Waals surface area contributed by atoms with Crippen molar-refractivity contribution in [2.75, 3.05) is 33.1 Å². The van der Waals surface area contributed by atoms with Crippen molar-refractivity contribution >= 4 is 17.7 Å². The van der Waals surface area contributed by atoms with Crippen LogP contribution in [0, 0.1) is 11.3 Å². The van der Waals surface area contributed by atoms with Gasteiger partial charge in [-0.2, -0.15) is 5.26 Å². The number of nitriles is 1. The van der Waals surface area contributed by atoms with Gasteiger partial charge in [0.1, 0.15) is 0 Å². The van der Waals surface area contributed by atoms with E-state index in [4.69, 9.17) is 10.00 Å². The molecule has 1 aromatic carbocycles. The van der Waals surface area contributed by atoms with Gasteiger partial charge in [-0.15, -0.1) is 11.8 Å². The fourth-order valence-electron chi connectivity index (χ4n) is 1.62. The third kappa shape index (κ3) is 4.93. The summed E-state index contributed by atoms with van der Waals surface area (Å²) in [5, 5.41) is 8.64. The van der Waals surface area contributed by atoms with Gasteiger partial charge in [0.2, 0.25) is 0 Å². The molecule has 1 aromatic rings. The summed E-state index contributed by atoms with van der Waals surface area (Å²) in [6.45, 7) is 1.41. The summed E-state index contributed by atoms with van der Waals surface area (Å²) in [5.41, 5.74) is 0.645. The third-order valence-electron chi connectivity index (χ3n) is 2.68. The van der Waals surface area contributed by atoms with Gasteiger partial charge in [0.25, 0.3) is 5.91 Å². The highest BCUT2D eigenvalue weighted by Gasteiger charge is 2.14. The van der Waals surface area contributed by atoms with E-state index in [1.807, 2.05) is 30.5 Å². The smallest absolute Gasteiger partial charge is 0.253 e. The van der Waals surface area contributed by atoms with Crippen LogP contribution in [0.1, 0.15) is 16.8 Å². The molecule has 0 spiro atoms. The number of carbonyl (C=O) groups is 1. The highest BCUT2D eigenvalue weighted by atomic mass is 32.2. The van der Waals surface area contributed by atoms with Crippen LogP contribution < -0.4 is 0 Å². The molecule has 0 unspecified atom stereocenters. The maximum absolute atomic E-state index is 12.3. The van der Waals surface area contributed by atoms with Gasteiger partial charge in [0, 0.05) is 30.7 Å². The maximum atomic E-state index is 12.3. The first-order valence-electron chi connectivity index (χ1n) is 6.02. The lowest BCUT2D eigenvalue weighted by atomic mass is 10.2. The van der Waals surface area contributed by atoms with E-state index in [0.29, 0.717) is 31.7 Å². The highest BCUT2D eigenvalue weighted by molar-refractivity contribution is 7.98. The van der Waals surface area contributed by atoms with E-state index >= 15 is 0 Å². The SMILES string of the molecule is COCCN(CCC#N)C(=O)c1ccc(SC)cc1. The van der Waals surface area contributed by atoms with Crippen LogP contribution >= 0.6 is 11.8 Å². The van der Waals surface area contributed by atoms with E-state index in [1.54, 1.807) is 23.8 Å². The van der Waals surface area contributed by atoms with Crippen molar-refractivity contribution in [1.82, 2.24) is 4.90 Å². The van der Waals surface area contributed by atoms with Crippen molar-refractivity contribution in [1.29, 1.82) is 5.26 Å². The minimum atomic E-state index is -0.0556. The average molecular weight is 278 g/mol. The van der Waals surface area contributed by atoms with Crippen LogP contribution in [-0.4, -0.2) is 43.9 Å². The zero-order valence-electron chi connectivity index (χ0n) is 11.3. The highest BCUT2D eigenvalue weighted by Crippen LogP contribution is 2.16. The van der Waals surface area contributed by atoms with E-state index in [-0.39, 0.29) is 5.91 Å². The number of benzene rings is 1. The van der Waals surface area contributed by atoms with Gasteiger partial charge >= 0.3 is 0 Å². The van der Waals surface area contributed by atoms with E-state index in [0.717, 1.165) is 4.90 Å². The fourth-order valence-corrected chi connectivity index (χ4v) is 2.03. The van der Waals surface area contributed by atoms with Crippen LogP contribution in [0.4, 0.5) is 0 Å². The molecule has 0 aromatic heterocycles. The largest absolute Gasteiger partial charge is 0.383 e. The summed E-state index contributed by atoms with van der Waals surface area (Å²) in [4.78, 5) is 15.1. The van der Waals surface area contributed by atoms with Crippen LogP contribution in [0.15, 0.2) is 29.2 Å². The molecule has 0 N–H and O–H groups in total. The van der Waals surface area contributed by atoms with Crippen molar-refractivity contribution < 1.29 is 9.53 Å². The number of amides is 1. The van der Waals surface area contributed by atoms with Gasteiger partial charge in [-0.05, 0) is 30.5 Å². The first-order valence-corrected chi connectivity index (χ1v) is 7.24. The molecular formula is C14H18N2O2S. The number of thioether (sulfide) groups is 1. The Morgan fingerprint density at radius 2 is 2.05 bits per heavy atom. The summed E-state index contributed by atoms with van der Waals surface area (Å²) in [6.07, 6.45) is 2.33. The number of ether oxygens (including phenoxy) is 1. The van der Waals surface area contributed by atoms with Crippen LogP contribution in [0.5, 0.6) is 0 Å². The molecule has 0 saturated carbocycles. The Morgan fingerprint density at radius 1 is 1.37 bits per heavy atom. The summed E-state index contributed by atoms with van der Waals surface area (Å²) in [7, 11) is 1.60. The Morgan fingerprint density at radius 3 is 2.58 bits per heavy atom. The lowest BCUT2D eigenvalue weighted by Gasteiger charge is -2.21. The van der Waals surface area contributed by atoms with Gasteiger partial charge in [-0.25, -0.2) is 0 Å². The van der Waals surface area contributed by atoms with Gasteiger partial charge < -0.3 is 9.64 Å². The lowest BCUT2D eigenvalue weighted by molar-refractivity contribution is 0.0700. The zero-order chi connectivity index (χ0) is 14.1. The number of rotatable bonds is 7. The van der Waals surface area contributed by atoms with Crippen molar-refractivity contribution in [3.8, 4) is 6.07 Å². The summed E-state index contributed by atoms with van der Waals surface area (Å²) in [6, 6.07) is 9.56. The van der Waals surface area contributed by atoms with Crippen LogP contribution in [0.25, 0.3) is 0 Å². The first-order chi connectivity index (χ1) is 9.22. The van der Waals surface area contributed by atoms with E-state index in [1.165, 1.54) is 0 Å². The molecule has 5 heteroatoms. The van der Waals surface area contributed by atoms with Crippen molar-refractivity contribution in [2.24, 2.45) is 0 Å². The summed E-state index contributed by atoms with van der Waals surface area (Å²) >= 11 is 1.64. The molecular weight excluding hydrogens is 260 g/mol. The van der Waals surface area contributed by atoms with Gasteiger partial charge in [-0.1, -0.05) is 0 Å². The standard InChI is InChI=1S/C14H18N2O2S/c1-18-11-10-16(9-3-8-15)14(17)12-4-6-13(19-2)7-5-12/h4-7H,3,9-11H2,1-2H3. The molecule has 19 heavy (non-hydrogen) atoms. The zero-order valence-corrected chi connectivity index (χ0v) is 12.1. The third-order valence-corrected chi connectivity index (χ3v) is 3.43. The van der Waals surface area contributed by atoms with Crippen LogP contribution in [-0.2, 0) is 4.74 Å². The number of methoxy groups -OCH3 is 1. The van der Waals surface area contributed by atoms with E-state index < -0.39 is 0 Å². The number of hydrogen-bond donors (Lipinski definition) is 0. The summed E-state index contributed by atoms with van der Waals surface area (Å²) < 4.78 is 4.99. The van der Waals surface area contributed by atoms with Crippen molar-refractivity contribution in [3.63, 3.8) is 0 Å². The van der Waals surface area contributed by atoms with Crippen LogP contribution in [0.3, 0.4) is 0 Å². The normalized spacial score (nSPS) is 9.95. The molecule has 1 rings (SSSR count). The molecule has 0 heterocycles. The second-order valence-electron chi connectivity index (χ2n) is 3.92. The minimum absolute atomic E-state index is 0.0556. The molecule has 0 fully saturated rings. The molecule has 102 valence electrons. The Balaban J connectivity index is 2.75. The van der Waals surface area contributed by atoms with Gasteiger partial charge in [0.15, 0.2) is 0 Å². The predicted molar refractivity (Wildman–Crippen MR) is 76.2 cm³/mol. The second kappa shape index (κ2) is 8.57. The predicted octanol–water partition coefficient (Wildman–Crippen LogP) is 2.41. The number of carbonyl (C=O) groups excluding carboxylic acids is 1. The molecule has 0 aliphatic carbocycles. The molecule has 0 radical (unpaired) electrons. The number of hydrogen-bond acceptors (Lipinski definition) is 4.